The van der Waals surface area contributed by atoms with Crippen molar-refractivity contribution in [2.75, 3.05) is 18.4 Å². The first-order valence-electron chi connectivity index (χ1n) is 6.67. The summed E-state index contributed by atoms with van der Waals surface area (Å²) >= 11 is 5.99. The number of hydrogen-bond acceptors (Lipinski definition) is 2. The molecule has 1 heterocycles. The van der Waals surface area contributed by atoms with Crippen LogP contribution in [-0.4, -0.2) is 35.1 Å². The van der Waals surface area contributed by atoms with Gasteiger partial charge in [0, 0.05) is 13.1 Å². The summed E-state index contributed by atoms with van der Waals surface area (Å²) < 4.78 is 0. The fourth-order valence-electron chi connectivity index (χ4n) is 2.29. The Bertz CT molecular complexity index is 511. The number of nitrogens with zero attached hydrogens (tertiary/aromatic N) is 1. The van der Waals surface area contributed by atoms with Gasteiger partial charge in [0.15, 0.2) is 0 Å². The first-order chi connectivity index (χ1) is 9.59. The summed E-state index contributed by atoms with van der Waals surface area (Å²) in [5, 5.41) is 12.0. The summed E-state index contributed by atoms with van der Waals surface area (Å²) in [4.78, 5) is 25.1. The van der Waals surface area contributed by atoms with E-state index in [4.69, 9.17) is 16.7 Å². The van der Waals surface area contributed by atoms with Gasteiger partial charge in [0.25, 0.3) is 0 Å². The van der Waals surface area contributed by atoms with Crippen LogP contribution in [0.15, 0.2) is 18.2 Å². The minimum atomic E-state index is -1.11. The minimum Gasteiger partial charge on any atom is -0.478 e. The van der Waals surface area contributed by atoms with Crippen molar-refractivity contribution in [1.82, 2.24) is 4.90 Å². The van der Waals surface area contributed by atoms with Gasteiger partial charge in [-0.2, -0.15) is 0 Å². The molecule has 0 atom stereocenters. The second-order valence-electron chi connectivity index (χ2n) is 4.80. The van der Waals surface area contributed by atoms with Crippen LogP contribution in [0, 0.1) is 0 Å². The van der Waals surface area contributed by atoms with E-state index in [0.29, 0.717) is 13.1 Å². The molecule has 0 aliphatic carbocycles. The van der Waals surface area contributed by atoms with Gasteiger partial charge in [-0.05, 0) is 25.0 Å². The Kier molecular flexibility index (Phi) is 4.84. The molecule has 1 aliphatic heterocycles. The molecule has 2 rings (SSSR count). The first-order valence-corrected chi connectivity index (χ1v) is 7.05. The average molecular weight is 297 g/mol. The zero-order valence-electron chi connectivity index (χ0n) is 11.1. The molecule has 0 radical (unpaired) electrons. The van der Waals surface area contributed by atoms with Gasteiger partial charge in [-0.3, -0.25) is 0 Å². The molecule has 20 heavy (non-hydrogen) atoms. The number of benzene rings is 1. The smallest absolute Gasteiger partial charge is 0.337 e. The average Bonchev–Trinajstić information content (AvgIpc) is 2.69. The second-order valence-corrected chi connectivity index (χ2v) is 5.21. The number of urea groups is 1. The summed E-state index contributed by atoms with van der Waals surface area (Å²) in [6.07, 6.45) is 4.19. The van der Waals surface area contributed by atoms with Gasteiger partial charge in [-0.15, -0.1) is 0 Å². The van der Waals surface area contributed by atoms with Gasteiger partial charge in [-0.25, -0.2) is 9.59 Å². The van der Waals surface area contributed by atoms with E-state index in [2.05, 4.69) is 5.32 Å². The number of para-hydroxylation sites is 1. The van der Waals surface area contributed by atoms with Gasteiger partial charge in [-0.1, -0.05) is 30.5 Å². The van der Waals surface area contributed by atoms with Crippen LogP contribution in [0.5, 0.6) is 0 Å². The molecule has 1 saturated heterocycles. The highest BCUT2D eigenvalue weighted by atomic mass is 35.5. The Morgan fingerprint density at radius 1 is 1.15 bits per heavy atom. The molecule has 0 spiro atoms. The van der Waals surface area contributed by atoms with Crippen LogP contribution in [0.3, 0.4) is 0 Å². The van der Waals surface area contributed by atoms with Crippen LogP contribution in [0.1, 0.15) is 36.0 Å². The summed E-state index contributed by atoms with van der Waals surface area (Å²) in [6.45, 7) is 1.39. The molecule has 5 nitrogen and oxygen atoms in total. The van der Waals surface area contributed by atoms with Crippen molar-refractivity contribution in [2.24, 2.45) is 0 Å². The number of carbonyl (C=O) groups is 2. The number of aromatic carboxylic acids is 1. The van der Waals surface area contributed by atoms with Crippen molar-refractivity contribution in [1.29, 1.82) is 0 Å². The van der Waals surface area contributed by atoms with Gasteiger partial charge in [0.2, 0.25) is 0 Å². The molecule has 108 valence electrons. The Labute approximate surface area is 122 Å². The number of anilines is 1. The van der Waals surface area contributed by atoms with Crippen molar-refractivity contribution in [3.8, 4) is 0 Å². The zero-order valence-corrected chi connectivity index (χ0v) is 11.8. The summed E-state index contributed by atoms with van der Waals surface area (Å²) in [5.74, 6) is -1.11. The van der Waals surface area contributed by atoms with Gasteiger partial charge < -0.3 is 15.3 Å². The number of carboxylic acid groups (broad SMARTS) is 1. The molecule has 1 fully saturated rings. The van der Waals surface area contributed by atoms with Crippen LogP contribution in [0.2, 0.25) is 5.02 Å². The maximum Gasteiger partial charge on any atom is 0.337 e. The molecular weight excluding hydrogens is 280 g/mol. The van der Waals surface area contributed by atoms with Crippen LogP contribution >= 0.6 is 11.6 Å². The lowest BCUT2D eigenvalue weighted by Crippen LogP contribution is -2.36. The van der Waals surface area contributed by atoms with E-state index in [9.17, 15) is 9.59 Å². The topological polar surface area (TPSA) is 69.6 Å². The van der Waals surface area contributed by atoms with E-state index in [1.807, 2.05) is 0 Å². The minimum absolute atomic E-state index is 0.000622. The van der Waals surface area contributed by atoms with Crippen molar-refractivity contribution >= 4 is 29.3 Å². The summed E-state index contributed by atoms with van der Waals surface area (Å²) in [5.41, 5.74) is 0.164. The van der Waals surface area contributed by atoms with E-state index in [1.54, 1.807) is 17.0 Å². The van der Waals surface area contributed by atoms with E-state index >= 15 is 0 Å². The number of halogens is 1. The Morgan fingerprint density at radius 2 is 1.80 bits per heavy atom. The second kappa shape index (κ2) is 6.61. The molecule has 2 amide bonds. The standard InChI is InChI=1S/C14H17ClN2O3/c15-11-7-5-6-10(13(18)19)12(11)16-14(20)17-8-3-1-2-4-9-17/h5-7H,1-4,8-9H2,(H,16,20)(H,18,19). The number of rotatable bonds is 2. The van der Waals surface area contributed by atoms with Gasteiger partial charge in [0.05, 0.1) is 16.3 Å². The maximum atomic E-state index is 12.2. The quantitative estimate of drug-likeness (QED) is 0.878. The Hall–Kier alpha value is -1.75. The third kappa shape index (κ3) is 3.42. The van der Waals surface area contributed by atoms with Crippen molar-refractivity contribution < 1.29 is 14.7 Å². The van der Waals surface area contributed by atoms with Crippen LogP contribution in [0.25, 0.3) is 0 Å². The van der Waals surface area contributed by atoms with E-state index in [1.165, 1.54) is 6.07 Å². The van der Waals surface area contributed by atoms with E-state index < -0.39 is 5.97 Å². The van der Waals surface area contributed by atoms with E-state index in [0.717, 1.165) is 25.7 Å². The van der Waals surface area contributed by atoms with Crippen molar-refractivity contribution in [3.63, 3.8) is 0 Å². The maximum absolute atomic E-state index is 12.2. The first kappa shape index (κ1) is 14.7. The number of carbonyl (C=O) groups excluding carboxylic acids is 1. The largest absolute Gasteiger partial charge is 0.478 e. The molecule has 1 aliphatic rings. The molecule has 6 heteroatoms. The molecule has 0 unspecified atom stereocenters. The zero-order chi connectivity index (χ0) is 14.5. The number of hydrogen-bond donors (Lipinski definition) is 2. The summed E-state index contributed by atoms with van der Waals surface area (Å²) in [6, 6.07) is 4.24. The molecule has 1 aromatic carbocycles. The molecule has 0 aromatic heterocycles. The van der Waals surface area contributed by atoms with Crippen LogP contribution in [0.4, 0.5) is 10.5 Å². The van der Waals surface area contributed by atoms with E-state index in [-0.39, 0.29) is 22.3 Å². The highest BCUT2D eigenvalue weighted by molar-refractivity contribution is 6.34. The fraction of sp³-hybridized carbons (Fsp3) is 0.429. The van der Waals surface area contributed by atoms with Gasteiger partial charge >= 0.3 is 12.0 Å². The van der Waals surface area contributed by atoms with Crippen molar-refractivity contribution in [3.05, 3.63) is 28.8 Å². The lowest BCUT2D eigenvalue weighted by Gasteiger charge is -2.21. The van der Waals surface area contributed by atoms with Crippen LogP contribution in [-0.2, 0) is 0 Å². The predicted molar refractivity (Wildman–Crippen MR) is 77.5 cm³/mol. The Balaban J connectivity index is 2.16. The highest BCUT2D eigenvalue weighted by Gasteiger charge is 2.20. The number of amides is 2. The normalized spacial score (nSPS) is 15.6. The van der Waals surface area contributed by atoms with Gasteiger partial charge in [0.1, 0.15) is 0 Å². The van der Waals surface area contributed by atoms with Crippen LogP contribution < -0.4 is 5.32 Å². The number of nitrogens with one attached hydrogen (secondary N) is 1. The van der Waals surface area contributed by atoms with Crippen molar-refractivity contribution in [2.45, 2.75) is 25.7 Å². The molecule has 0 bridgehead atoms. The summed E-state index contributed by atoms with van der Waals surface area (Å²) in [7, 11) is 0. The Morgan fingerprint density at radius 3 is 2.40 bits per heavy atom. The monoisotopic (exact) mass is 296 g/mol. The SMILES string of the molecule is O=C(O)c1cccc(Cl)c1NC(=O)N1CCCCCC1. The molecular formula is C14H17ClN2O3. The molecule has 1 aromatic rings. The molecule has 0 saturated carbocycles. The lowest BCUT2D eigenvalue weighted by atomic mass is 10.2. The number of likely N-dealkylation sites (tertiary alicyclic amines) is 1. The fourth-order valence-corrected chi connectivity index (χ4v) is 2.51. The third-order valence-electron chi connectivity index (χ3n) is 3.37. The number of carboxylic acids is 1. The lowest BCUT2D eigenvalue weighted by molar-refractivity contribution is 0.0698. The third-order valence-corrected chi connectivity index (χ3v) is 3.68. The highest BCUT2D eigenvalue weighted by Crippen LogP contribution is 2.26. The predicted octanol–water partition coefficient (Wildman–Crippen LogP) is 3.45. The molecule has 2 N–H and O–H groups in total.